The van der Waals surface area contributed by atoms with Crippen LogP contribution in [0.15, 0.2) is 0 Å². The Hall–Kier alpha value is -0.320. The average Bonchev–Trinajstić information content (AvgIpc) is 2.60. The molecule has 1 amide bonds. The Morgan fingerprint density at radius 1 is 1.47 bits per heavy atom. The van der Waals surface area contributed by atoms with Gasteiger partial charge in [0.25, 0.3) is 0 Å². The molecule has 1 rings (SSSR count). The largest absolute Gasteiger partial charge is 0.393 e. The first-order valence-corrected chi connectivity index (χ1v) is 7.00. The maximum absolute atomic E-state index is 11.8. The highest BCUT2D eigenvalue weighted by molar-refractivity contribution is 5.85. The summed E-state index contributed by atoms with van der Waals surface area (Å²) in [4.78, 5) is 11.8. The Morgan fingerprint density at radius 2 is 2.11 bits per heavy atom. The highest BCUT2D eigenvalue weighted by atomic mass is 35.5. The summed E-state index contributed by atoms with van der Waals surface area (Å²) in [6.45, 7) is 6.50. The van der Waals surface area contributed by atoms with Crippen molar-refractivity contribution in [2.24, 2.45) is 17.1 Å². The maximum Gasteiger partial charge on any atom is 0.220 e. The third kappa shape index (κ3) is 7.14. The van der Waals surface area contributed by atoms with Gasteiger partial charge in [0, 0.05) is 19.0 Å². The summed E-state index contributed by atoms with van der Waals surface area (Å²) in [6.07, 6.45) is 4.17. The first-order valence-electron chi connectivity index (χ1n) is 7.00. The van der Waals surface area contributed by atoms with Gasteiger partial charge in [0.15, 0.2) is 0 Å². The molecule has 0 saturated heterocycles. The summed E-state index contributed by atoms with van der Waals surface area (Å²) in [5, 5.41) is 12.4. The van der Waals surface area contributed by atoms with E-state index in [9.17, 15) is 9.90 Å². The van der Waals surface area contributed by atoms with Crippen LogP contribution in [0, 0.1) is 11.3 Å². The quantitative estimate of drug-likeness (QED) is 0.699. The molecular weight excluding hydrogens is 264 g/mol. The van der Waals surface area contributed by atoms with Crippen molar-refractivity contribution in [2.45, 2.75) is 65.0 Å². The van der Waals surface area contributed by atoms with E-state index in [4.69, 9.17) is 5.73 Å². The van der Waals surface area contributed by atoms with E-state index in [1.807, 2.05) is 0 Å². The Bertz CT molecular complexity index is 283. The van der Waals surface area contributed by atoms with Gasteiger partial charge in [-0.05, 0) is 37.5 Å². The molecule has 1 unspecified atom stereocenters. The van der Waals surface area contributed by atoms with E-state index in [0.29, 0.717) is 25.3 Å². The lowest BCUT2D eigenvalue weighted by atomic mass is 9.87. The number of carbonyl (C=O) groups is 1. The molecule has 0 spiro atoms. The van der Waals surface area contributed by atoms with Crippen LogP contribution in [0.3, 0.4) is 0 Å². The van der Waals surface area contributed by atoms with Gasteiger partial charge in [0.05, 0.1) is 6.10 Å². The molecule has 1 aliphatic rings. The highest BCUT2D eigenvalue weighted by Crippen LogP contribution is 2.27. The van der Waals surface area contributed by atoms with Crippen molar-refractivity contribution in [2.75, 3.05) is 6.54 Å². The van der Waals surface area contributed by atoms with Gasteiger partial charge in [-0.25, -0.2) is 0 Å². The zero-order valence-corrected chi connectivity index (χ0v) is 13.1. The molecule has 0 aromatic rings. The van der Waals surface area contributed by atoms with Crippen molar-refractivity contribution in [1.82, 2.24) is 5.32 Å². The number of hydrogen-bond donors (Lipinski definition) is 3. The third-order valence-corrected chi connectivity index (χ3v) is 3.78. The van der Waals surface area contributed by atoms with Gasteiger partial charge in [-0.2, -0.15) is 0 Å². The van der Waals surface area contributed by atoms with Crippen LogP contribution in [-0.2, 0) is 4.79 Å². The lowest BCUT2D eigenvalue weighted by Gasteiger charge is -2.26. The molecule has 4 N–H and O–H groups in total. The van der Waals surface area contributed by atoms with E-state index in [0.717, 1.165) is 19.3 Å². The van der Waals surface area contributed by atoms with Crippen LogP contribution in [0.1, 0.15) is 52.9 Å². The van der Waals surface area contributed by atoms with Gasteiger partial charge >= 0.3 is 0 Å². The molecule has 5 heteroatoms. The van der Waals surface area contributed by atoms with Gasteiger partial charge in [-0.15, -0.1) is 12.4 Å². The Labute approximate surface area is 122 Å². The summed E-state index contributed by atoms with van der Waals surface area (Å²) in [5.74, 6) is 0.445. The van der Waals surface area contributed by atoms with Crippen LogP contribution in [0.5, 0.6) is 0 Å². The summed E-state index contributed by atoms with van der Waals surface area (Å²) in [7, 11) is 0. The zero-order valence-electron chi connectivity index (χ0n) is 12.3. The summed E-state index contributed by atoms with van der Waals surface area (Å²) >= 11 is 0. The fourth-order valence-corrected chi connectivity index (χ4v) is 2.84. The number of rotatable bonds is 6. The van der Waals surface area contributed by atoms with E-state index in [-0.39, 0.29) is 35.9 Å². The van der Waals surface area contributed by atoms with Crippen LogP contribution in [-0.4, -0.2) is 29.7 Å². The molecule has 0 aromatic heterocycles. The standard InChI is InChI=1S/C14H28N2O2.ClH/c1-10(17)8-14(2,3)9-16-13(18)7-11-5-4-6-12(11)15;/h10-12,17H,4-9,15H2,1-3H3,(H,16,18);1H/t10?,11-,12+;/m0./s1. The van der Waals surface area contributed by atoms with Crippen molar-refractivity contribution in [3.8, 4) is 0 Å². The fourth-order valence-electron chi connectivity index (χ4n) is 2.84. The molecule has 3 atom stereocenters. The minimum Gasteiger partial charge on any atom is -0.393 e. The van der Waals surface area contributed by atoms with E-state index in [1.54, 1.807) is 6.92 Å². The number of amides is 1. The Morgan fingerprint density at radius 3 is 2.58 bits per heavy atom. The molecule has 0 aromatic carbocycles. The predicted octanol–water partition coefficient (Wildman–Crippen LogP) is 1.84. The van der Waals surface area contributed by atoms with Crippen LogP contribution in [0.25, 0.3) is 0 Å². The molecule has 0 bridgehead atoms. The van der Waals surface area contributed by atoms with Gasteiger partial charge in [-0.1, -0.05) is 20.3 Å². The van der Waals surface area contributed by atoms with Crippen molar-refractivity contribution < 1.29 is 9.90 Å². The van der Waals surface area contributed by atoms with Crippen molar-refractivity contribution in [1.29, 1.82) is 0 Å². The van der Waals surface area contributed by atoms with Crippen LogP contribution in [0.4, 0.5) is 0 Å². The molecule has 19 heavy (non-hydrogen) atoms. The van der Waals surface area contributed by atoms with Crippen molar-refractivity contribution in [3.05, 3.63) is 0 Å². The average molecular weight is 293 g/mol. The Balaban J connectivity index is 0.00000324. The molecule has 0 radical (unpaired) electrons. The number of nitrogens with one attached hydrogen (secondary N) is 1. The minimum absolute atomic E-state index is 0. The second-order valence-electron chi connectivity index (χ2n) is 6.55. The maximum atomic E-state index is 11.8. The van der Waals surface area contributed by atoms with E-state index >= 15 is 0 Å². The molecule has 4 nitrogen and oxygen atoms in total. The van der Waals surface area contributed by atoms with Gasteiger partial charge in [0.1, 0.15) is 0 Å². The number of carbonyl (C=O) groups excluding carboxylic acids is 1. The number of nitrogens with two attached hydrogens (primary N) is 1. The topological polar surface area (TPSA) is 75.3 Å². The van der Waals surface area contributed by atoms with Crippen LogP contribution in [0.2, 0.25) is 0 Å². The summed E-state index contributed by atoms with van der Waals surface area (Å²) < 4.78 is 0. The molecule has 1 fully saturated rings. The van der Waals surface area contributed by atoms with Crippen LogP contribution >= 0.6 is 12.4 Å². The summed E-state index contributed by atoms with van der Waals surface area (Å²) in [6, 6.07) is 0.196. The predicted molar refractivity (Wildman–Crippen MR) is 80.3 cm³/mol. The molecule has 0 heterocycles. The molecule has 1 aliphatic carbocycles. The minimum atomic E-state index is -0.333. The van der Waals surface area contributed by atoms with Crippen molar-refractivity contribution >= 4 is 18.3 Å². The lowest BCUT2D eigenvalue weighted by Crippen LogP contribution is -2.37. The number of aliphatic hydroxyl groups excluding tert-OH is 1. The number of halogens is 1. The fraction of sp³-hybridized carbons (Fsp3) is 0.929. The lowest BCUT2D eigenvalue weighted by molar-refractivity contribution is -0.122. The normalized spacial score (nSPS) is 24.7. The first-order chi connectivity index (χ1) is 8.30. The zero-order chi connectivity index (χ0) is 13.8. The van der Waals surface area contributed by atoms with Gasteiger partial charge in [0.2, 0.25) is 5.91 Å². The SMILES string of the molecule is CC(O)CC(C)(C)CNC(=O)C[C@@H]1CCC[C@H]1N.Cl. The van der Waals surface area contributed by atoms with Gasteiger partial charge < -0.3 is 16.2 Å². The van der Waals surface area contributed by atoms with E-state index in [2.05, 4.69) is 19.2 Å². The second-order valence-corrected chi connectivity index (χ2v) is 6.55. The monoisotopic (exact) mass is 292 g/mol. The first kappa shape index (κ1) is 18.7. The molecule has 1 saturated carbocycles. The van der Waals surface area contributed by atoms with E-state index in [1.165, 1.54) is 0 Å². The van der Waals surface area contributed by atoms with E-state index < -0.39 is 0 Å². The smallest absolute Gasteiger partial charge is 0.220 e. The molecule has 0 aliphatic heterocycles. The third-order valence-electron chi connectivity index (χ3n) is 3.78. The van der Waals surface area contributed by atoms with Crippen molar-refractivity contribution in [3.63, 3.8) is 0 Å². The second kappa shape index (κ2) is 8.08. The molecular formula is C14H29ClN2O2. The van der Waals surface area contributed by atoms with Crippen LogP contribution < -0.4 is 11.1 Å². The number of aliphatic hydroxyl groups is 1. The summed E-state index contributed by atoms with van der Waals surface area (Å²) in [5.41, 5.74) is 5.89. The number of hydrogen-bond acceptors (Lipinski definition) is 3. The highest BCUT2D eigenvalue weighted by Gasteiger charge is 2.27. The molecule has 114 valence electrons. The van der Waals surface area contributed by atoms with Gasteiger partial charge in [-0.3, -0.25) is 4.79 Å². The Kier molecular flexibility index (Phi) is 7.94.